The Balaban J connectivity index is 0.000000130. The lowest BCUT2D eigenvalue weighted by atomic mass is 9.85. The standard InChI is InChI=1S/C10H12O.C10H14.C5H10O2.C2H6.2CH4/c1-2-6-3-5(1)7-4-8-10(11-8)9(6)7;1-2-9-7-4-5-8(6-7)10(9)3-1;1-2-6-3-5-4-7-5;1-2;;/h1-2,5-10H,3-4H2;4-5,7-10H,1-3,6H2;5H,2-4H2,1H3;1-2H3;2*1H4. The van der Waals surface area contributed by atoms with Crippen LogP contribution in [0.5, 0.6) is 0 Å². The second-order valence-corrected chi connectivity index (χ2v) is 10.4. The average Bonchev–Trinajstić information content (AvgIpc) is 3.34. The Morgan fingerprint density at radius 3 is 1.94 bits per heavy atom. The van der Waals surface area contributed by atoms with Gasteiger partial charge in [-0.1, -0.05) is 59.4 Å². The predicted molar refractivity (Wildman–Crippen MR) is 134 cm³/mol. The number of rotatable bonds is 3. The SMILES string of the molecule is C.C.C1=CC2CC1C1CC3OC3C21.C1=CC2CC1C1CCCC21.CC.CCOCC1CO1. The highest BCUT2D eigenvalue weighted by Crippen LogP contribution is 2.61. The molecule has 4 saturated carbocycles. The van der Waals surface area contributed by atoms with Crippen molar-refractivity contribution in [2.24, 2.45) is 47.3 Å². The van der Waals surface area contributed by atoms with E-state index in [1.807, 2.05) is 20.8 Å². The Morgan fingerprint density at radius 2 is 1.38 bits per heavy atom. The topological polar surface area (TPSA) is 34.3 Å². The first-order chi connectivity index (χ1) is 14.8. The molecule has 0 aromatic carbocycles. The van der Waals surface area contributed by atoms with Crippen molar-refractivity contribution < 1.29 is 14.2 Å². The third-order valence-electron chi connectivity index (χ3n) is 8.98. The molecule has 8 rings (SSSR count). The molecule has 8 aliphatic rings. The van der Waals surface area contributed by atoms with Gasteiger partial charge in [-0.2, -0.15) is 0 Å². The number of epoxide rings is 2. The van der Waals surface area contributed by atoms with Crippen molar-refractivity contribution in [1.82, 2.24) is 0 Å². The number of hydrogen-bond donors (Lipinski definition) is 0. The second-order valence-electron chi connectivity index (χ2n) is 10.4. The Bertz CT molecular complexity index is 620. The summed E-state index contributed by atoms with van der Waals surface area (Å²) < 4.78 is 15.5. The van der Waals surface area contributed by atoms with Crippen molar-refractivity contribution in [2.75, 3.05) is 19.8 Å². The average molecular weight is 447 g/mol. The molecule has 0 N–H and O–H groups in total. The van der Waals surface area contributed by atoms with Crippen molar-refractivity contribution in [3.05, 3.63) is 24.3 Å². The molecule has 0 radical (unpaired) electrons. The Kier molecular flexibility index (Phi) is 9.08. The molecule has 4 bridgehead atoms. The Hall–Kier alpha value is -0.640. The van der Waals surface area contributed by atoms with Gasteiger partial charge in [0.25, 0.3) is 0 Å². The minimum absolute atomic E-state index is 0. The molecule has 11 atom stereocenters. The van der Waals surface area contributed by atoms with E-state index in [1.165, 1.54) is 38.5 Å². The summed E-state index contributed by atoms with van der Waals surface area (Å²) in [5.41, 5.74) is 0. The van der Waals surface area contributed by atoms with E-state index in [0.29, 0.717) is 18.3 Å². The molecule has 0 aromatic heterocycles. The highest BCUT2D eigenvalue weighted by atomic mass is 16.6. The van der Waals surface area contributed by atoms with Crippen LogP contribution in [-0.2, 0) is 14.2 Å². The Labute approximate surface area is 198 Å². The second kappa shape index (κ2) is 11.2. The molecule has 2 heterocycles. The first-order valence-electron chi connectivity index (χ1n) is 13.0. The normalized spacial score (nSPS) is 47.3. The van der Waals surface area contributed by atoms with Gasteiger partial charge in [0.2, 0.25) is 0 Å². The first-order valence-corrected chi connectivity index (χ1v) is 13.0. The van der Waals surface area contributed by atoms with E-state index in [2.05, 4.69) is 24.3 Å². The van der Waals surface area contributed by atoms with Gasteiger partial charge in [0.15, 0.2) is 0 Å². The quantitative estimate of drug-likeness (QED) is 0.348. The number of fused-ring (bicyclic) bond motifs is 12. The molecule has 184 valence electrons. The van der Waals surface area contributed by atoms with E-state index in [4.69, 9.17) is 14.2 Å². The summed E-state index contributed by atoms with van der Waals surface area (Å²) in [6.07, 6.45) is 20.6. The fraction of sp³-hybridized carbons (Fsp3) is 0.862. The minimum atomic E-state index is 0. The van der Waals surface area contributed by atoms with Gasteiger partial charge in [-0.15, -0.1) is 0 Å². The maximum Gasteiger partial charge on any atom is 0.104 e. The van der Waals surface area contributed by atoms with E-state index < -0.39 is 0 Å². The molecule has 0 spiro atoms. The molecule has 0 aromatic rings. The van der Waals surface area contributed by atoms with Gasteiger partial charge in [-0.25, -0.2) is 0 Å². The van der Waals surface area contributed by atoms with Crippen LogP contribution in [0.15, 0.2) is 24.3 Å². The maximum atomic E-state index is 5.59. The van der Waals surface area contributed by atoms with Crippen LogP contribution >= 0.6 is 0 Å². The Morgan fingerprint density at radius 1 is 0.812 bits per heavy atom. The van der Waals surface area contributed by atoms with Gasteiger partial charge >= 0.3 is 0 Å². The molecular formula is C29H50O3. The predicted octanol–water partition coefficient (Wildman–Crippen LogP) is 6.92. The highest BCUT2D eigenvalue weighted by Gasteiger charge is 2.63. The maximum absolute atomic E-state index is 5.59. The van der Waals surface area contributed by atoms with Crippen LogP contribution in [0.2, 0.25) is 0 Å². The third kappa shape index (κ3) is 5.05. The van der Waals surface area contributed by atoms with Crippen LogP contribution in [0.4, 0.5) is 0 Å². The van der Waals surface area contributed by atoms with Gasteiger partial charge < -0.3 is 14.2 Å². The molecule has 11 unspecified atom stereocenters. The fourth-order valence-corrected chi connectivity index (χ4v) is 7.62. The summed E-state index contributed by atoms with van der Waals surface area (Å²) in [6.45, 7) is 8.48. The number of ether oxygens (including phenoxy) is 3. The summed E-state index contributed by atoms with van der Waals surface area (Å²) in [6, 6.07) is 0. The van der Waals surface area contributed by atoms with Crippen molar-refractivity contribution in [3.63, 3.8) is 0 Å². The number of allylic oxidation sites excluding steroid dienone is 4. The minimum Gasteiger partial charge on any atom is -0.379 e. The van der Waals surface area contributed by atoms with Crippen molar-refractivity contribution in [1.29, 1.82) is 0 Å². The van der Waals surface area contributed by atoms with Crippen LogP contribution < -0.4 is 0 Å². The van der Waals surface area contributed by atoms with E-state index in [0.717, 1.165) is 67.2 Å². The zero-order valence-corrected chi connectivity index (χ0v) is 19.2. The van der Waals surface area contributed by atoms with Gasteiger partial charge in [0.1, 0.15) is 6.10 Å². The molecule has 3 nitrogen and oxygen atoms in total. The highest BCUT2D eigenvalue weighted by molar-refractivity contribution is 5.21. The van der Waals surface area contributed by atoms with Crippen LogP contribution in [-0.4, -0.2) is 38.1 Å². The van der Waals surface area contributed by atoms with E-state index >= 15 is 0 Å². The van der Waals surface area contributed by atoms with Crippen LogP contribution in [0.25, 0.3) is 0 Å². The summed E-state index contributed by atoms with van der Waals surface area (Å²) in [5.74, 6) is 8.08. The van der Waals surface area contributed by atoms with E-state index in [9.17, 15) is 0 Å². The molecule has 0 amide bonds. The van der Waals surface area contributed by atoms with Crippen LogP contribution in [0.3, 0.4) is 0 Å². The number of hydrogen-bond acceptors (Lipinski definition) is 3. The molecule has 2 saturated heterocycles. The molecule has 6 aliphatic carbocycles. The molecule has 3 heteroatoms. The van der Waals surface area contributed by atoms with Crippen LogP contribution in [0, 0.1) is 47.3 Å². The largest absolute Gasteiger partial charge is 0.379 e. The lowest BCUT2D eigenvalue weighted by molar-refractivity contribution is 0.128. The summed E-state index contributed by atoms with van der Waals surface area (Å²) in [7, 11) is 0. The summed E-state index contributed by atoms with van der Waals surface area (Å²) >= 11 is 0. The summed E-state index contributed by atoms with van der Waals surface area (Å²) in [5, 5.41) is 0. The van der Waals surface area contributed by atoms with E-state index in [-0.39, 0.29) is 14.9 Å². The zero-order chi connectivity index (χ0) is 20.7. The lowest BCUT2D eigenvalue weighted by Crippen LogP contribution is -2.19. The molecular weight excluding hydrogens is 396 g/mol. The van der Waals surface area contributed by atoms with Crippen molar-refractivity contribution in [3.8, 4) is 0 Å². The molecule has 2 aliphatic heterocycles. The first kappa shape index (κ1) is 26.0. The fourth-order valence-electron chi connectivity index (χ4n) is 7.62. The van der Waals surface area contributed by atoms with Crippen molar-refractivity contribution in [2.45, 2.75) is 92.5 Å². The monoisotopic (exact) mass is 446 g/mol. The van der Waals surface area contributed by atoms with Gasteiger partial charge in [0, 0.05) is 6.61 Å². The lowest BCUT2D eigenvalue weighted by Gasteiger charge is -2.21. The van der Waals surface area contributed by atoms with Crippen molar-refractivity contribution >= 4 is 0 Å². The molecule has 32 heavy (non-hydrogen) atoms. The molecule has 6 fully saturated rings. The zero-order valence-electron chi connectivity index (χ0n) is 19.2. The summed E-state index contributed by atoms with van der Waals surface area (Å²) in [4.78, 5) is 0. The van der Waals surface area contributed by atoms with Gasteiger partial charge in [0.05, 0.1) is 25.4 Å². The van der Waals surface area contributed by atoms with E-state index in [1.54, 1.807) is 0 Å². The van der Waals surface area contributed by atoms with Gasteiger partial charge in [-0.05, 0) is 86.4 Å². The van der Waals surface area contributed by atoms with Crippen LogP contribution in [0.1, 0.15) is 74.1 Å². The smallest absolute Gasteiger partial charge is 0.104 e. The third-order valence-corrected chi connectivity index (χ3v) is 8.98. The van der Waals surface area contributed by atoms with Gasteiger partial charge in [-0.3, -0.25) is 0 Å².